The molecule has 0 aromatic heterocycles. The lowest BCUT2D eigenvalue weighted by Gasteiger charge is -2.09. The molecule has 0 aliphatic rings. The summed E-state index contributed by atoms with van der Waals surface area (Å²) in [6.07, 6.45) is -1.50. The third-order valence-corrected chi connectivity index (χ3v) is 0.977. The Morgan fingerprint density at radius 1 is 1.60 bits per heavy atom. The summed E-state index contributed by atoms with van der Waals surface area (Å²) in [5.41, 5.74) is 0. The Bertz CT molecular complexity index is 114. The molecule has 0 amide bonds. The fourth-order valence-electron chi connectivity index (χ4n) is 0.369. The van der Waals surface area contributed by atoms with Crippen LogP contribution in [0.2, 0.25) is 0 Å². The van der Waals surface area contributed by atoms with Gasteiger partial charge in [-0.3, -0.25) is 10.1 Å². The van der Waals surface area contributed by atoms with Crippen LogP contribution in [0.3, 0.4) is 0 Å². The minimum atomic E-state index is -1.50. The first-order valence-electron chi connectivity index (χ1n) is 2.86. The number of hydrogen-bond donors (Lipinski definition) is 4. The van der Waals surface area contributed by atoms with E-state index in [4.69, 9.17) is 15.3 Å². The molecule has 5 nitrogen and oxygen atoms in total. The highest BCUT2D eigenvalue weighted by Gasteiger charge is 2.09. The van der Waals surface area contributed by atoms with Crippen LogP contribution in [0.1, 0.15) is 6.92 Å². The van der Waals surface area contributed by atoms with Gasteiger partial charge in [-0.15, -0.1) is 0 Å². The van der Waals surface area contributed by atoms with Gasteiger partial charge in [0.05, 0.1) is 0 Å². The highest BCUT2D eigenvalue weighted by atomic mass is 16.5. The third kappa shape index (κ3) is 4.25. The largest absolute Gasteiger partial charge is 0.480 e. The van der Waals surface area contributed by atoms with Crippen LogP contribution in [0.4, 0.5) is 0 Å². The second-order valence-electron chi connectivity index (χ2n) is 1.95. The monoisotopic (exact) mass is 149 g/mol. The summed E-state index contributed by atoms with van der Waals surface area (Å²) in [4.78, 5) is 10.1. The molecule has 0 rings (SSSR count). The van der Waals surface area contributed by atoms with Crippen molar-refractivity contribution >= 4 is 5.97 Å². The lowest BCUT2D eigenvalue weighted by atomic mass is 10.3. The number of carbonyl (C=O) groups is 1. The standard InChI is InChI=1S/C5H11NO4/c1-3(5(9)10)6-2-4(7)8/h3-4,6-8H,2H2,1H3,(H,9,10). The Morgan fingerprint density at radius 2 is 2.10 bits per heavy atom. The van der Waals surface area contributed by atoms with Gasteiger partial charge in [0.25, 0.3) is 0 Å². The van der Waals surface area contributed by atoms with Gasteiger partial charge in [0.15, 0.2) is 6.29 Å². The predicted octanol–water partition coefficient (Wildman–Crippen LogP) is -1.64. The van der Waals surface area contributed by atoms with Gasteiger partial charge < -0.3 is 15.3 Å². The normalized spacial score (nSPS) is 13.6. The van der Waals surface area contributed by atoms with Gasteiger partial charge in [0.2, 0.25) is 0 Å². The minimum Gasteiger partial charge on any atom is -0.480 e. The predicted molar refractivity (Wildman–Crippen MR) is 33.3 cm³/mol. The highest BCUT2D eigenvalue weighted by Crippen LogP contribution is 1.80. The number of hydrogen-bond acceptors (Lipinski definition) is 4. The fourth-order valence-corrected chi connectivity index (χ4v) is 0.369. The maximum atomic E-state index is 10.1. The maximum Gasteiger partial charge on any atom is 0.320 e. The first-order valence-corrected chi connectivity index (χ1v) is 2.86. The maximum absolute atomic E-state index is 10.1. The van der Waals surface area contributed by atoms with Gasteiger partial charge in [-0.1, -0.05) is 0 Å². The molecule has 0 bridgehead atoms. The Morgan fingerprint density at radius 3 is 2.40 bits per heavy atom. The highest BCUT2D eigenvalue weighted by molar-refractivity contribution is 5.72. The number of aliphatic carboxylic acids is 1. The van der Waals surface area contributed by atoms with E-state index in [9.17, 15) is 4.79 Å². The van der Waals surface area contributed by atoms with Gasteiger partial charge in [-0.05, 0) is 6.92 Å². The summed E-state index contributed by atoms with van der Waals surface area (Å²) in [6.45, 7) is 1.29. The topological polar surface area (TPSA) is 89.8 Å². The van der Waals surface area contributed by atoms with Crippen LogP contribution in [-0.2, 0) is 4.79 Å². The molecule has 0 aliphatic carbocycles. The quantitative estimate of drug-likeness (QED) is 0.360. The molecule has 0 radical (unpaired) electrons. The van der Waals surface area contributed by atoms with E-state index in [1.54, 1.807) is 0 Å². The van der Waals surface area contributed by atoms with Crippen molar-refractivity contribution in [3.63, 3.8) is 0 Å². The summed E-state index contributed by atoms with van der Waals surface area (Å²) in [5.74, 6) is -1.01. The van der Waals surface area contributed by atoms with Crippen molar-refractivity contribution in [3.05, 3.63) is 0 Å². The SMILES string of the molecule is CC(NCC(O)O)C(=O)O. The molecule has 60 valence electrons. The van der Waals surface area contributed by atoms with Gasteiger partial charge >= 0.3 is 5.97 Å². The fraction of sp³-hybridized carbons (Fsp3) is 0.800. The summed E-state index contributed by atoms with van der Waals surface area (Å²) >= 11 is 0. The van der Waals surface area contributed by atoms with Crippen molar-refractivity contribution in [2.24, 2.45) is 0 Å². The Labute approximate surface area is 58.3 Å². The molecular formula is C5H11NO4. The van der Waals surface area contributed by atoms with E-state index in [-0.39, 0.29) is 6.54 Å². The molecule has 1 atom stereocenters. The van der Waals surface area contributed by atoms with Crippen LogP contribution < -0.4 is 5.32 Å². The van der Waals surface area contributed by atoms with Crippen LogP contribution in [-0.4, -0.2) is 40.2 Å². The average Bonchev–Trinajstić information content (AvgIpc) is 1.82. The zero-order valence-corrected chi connectivity index (χ0v) is 5.61. The molecule has 0 spiro atoms. The number of nitrogens with one attached hydrogen (secondary N) is 1. The van der Waals surface area contributed by atoms with Gasteiger partial charge in [0, 0.05) is 6.54 Å². The molecule has 4 N–H and O–H groups in total. The van der Waals surface area contributed by atoms with Crippen molar-refractivity contribution in [1.82, 2.24) is 5.32 Å². The molecule has 10 heavy (non-hydrogen) atoms. The number of aliphatic hydroxyl groups excluding tert-OH is 1. The Balaban J connectivity index is 3.40. The van der Waals surface area contributed by atoms with Crippen LogP contribution in [0, 0.1) is 0 Å². The van der Waals surface area contributed by atoms with Crippen LogP contribution in [0.25, 0.3) is 0 Å². The van der Waals surface area contributed by atoms with Crippen molar-refractivity contribution in [2.45, 2.75) is 19.3 Å². The number of aliphatic hydroxyl groups is 2. The van der Waals surface area contributed by atoms with Crippen molar-refractivity contribution in [2.75, 3.05) is 6.54 Å². The van der Waals surface area contributed by atoms with Crippen LogP contribution >= 0.6 is 0 Å². The smallest absolute Gasteiger partial charge is 0.320 e. The molecular weight excluding hydrogens is 138 g/mol. The zero-order chi connectivity index (χ0) is 8.15. The first-order chi connectivity index (χ1) is 4.54. The molecule has 1 unspecified atom stereocenters. The minimum absolute atomic E-state index is 0.131. The van der Waals surface area contributed by atoms with Crippen molar-refractivity contribution < 1.29 is 20.1 Å². The summed E-state index contributed by atoms with van der Waals surface area (Å²) in [7, 11) is 0. The first kappa shape index (κ1) is 9.35. The van der Waals surface area contributed by atoms with E-state index in [2.05, 4.69) is 5.32 Å². The number of rotatable bonds is 4. The summed E-state index contributed by atoms with van der Waals surface area (Å²) < 4.78 is 0. The zero-order valence-electron chi connectivity index (χ0n) is 5.61. The molecule has 0 aromatic rings. The molecule has 0 aromatic carbocycles. The van der Waals surface area contributed by atoms with Gasteiger partial charge in [-0.25, -0.2) is 0 Å². The molecule has 0 saturated carbocycles. The summed E-state index contributed by atoms with van der Waals surface area (Å²) in [5, 5.41) is 27.2. The Kier molecular flexibility index (Phi) is 3.94. The Hall–Kier alpha value is -0.650. The molecule has 0 aliphatic heterocycles. The van der Waals surface area contributed by atoms with E-state index >= 15 is 0 Å². The molecule has 5 heteroatoms. The molecule has 0 fully saturated rings. The summed E-state index contributed by atoms with van der Waals surface area (Å²) in [6, 6.07) is -0.748. The lowest BCUT2D eigenvalue weighted by molar-refractivity contribution is -0.139. The van der Waals surface area contributed by atoms with E-state index in [1.165, 1.54) is 6.92 Å². The average molecular weight is 149 g/mol. The molecule has 0 heterocycles. The van der Waals surface area contributed by atoms with Crippen LogP contribution in [0.5, 0.6) is 0 Å². The van der Waals surface area contributed by atoms with Gasteiger partial charge in [0.1, 0.15) is 6.04 Å². The van der Waals surface area contributed by atoms with Crippen molar-refractivity contribution in [3.8, 4) is 0 Å². The van der Waals surface area contributed by atoms with Crippen molar-refractivity contribution in [1.29, 1.82) is 0 Å². The van der Waals surface area contributed by atoms with E-state index in [1.807, 2.05) is 0 Å². The van der Waals surface area contributed by atoms with E-state index in [0.29, 0.717) is 0 Å². The van der Waals surface area contributed by atoms with E-state index in [0.717, 1.165) is 0 Å². The third-order valence-electron chi connectivity index (χ3n) is 0.977. The number of carboxylic acid groups (broad SMARTS) is 1. The van der Waals surface area contributed by atoms with E-state index < -0.39 is 18.3 Å². The van der Waals surface area contributed by atoms with Crippen LogP contribution in [0.15, 0.2) is 0 Å². The lowest BCUT2D eigenvalue weighted by Crippen LogP contribution is -2.38. The second kappa shape index (κ2) is 4.21. The molecule has 0 saturated heterocycles. The second-order valence-corrected chi connectivity index (χ2v) is 1.95. The number of carboxylic acids is 1. The van der Waals surface area contributed by atoms with Gasteiger partial charge in [-0.2, -0.15) is 0 Å².